The van der Waals surface area contributed by atoms with Crippen molar-refractivity contribution in [2.75, 3.05) is 38.3 Å². The van der Waals surface area contributed by atoms with E-state index in [1.165, 1.54) is 0 Å². The van der Waals surface area contributed by atoms with Gasteiger partial charge in [-0.2, -0.15) is 0 Å². The minimum absolute atomic E-state index is 0.179. The number of nitrogens with zero attached hydrogens (tertiary/aromatic N) is 4. The van der Waals surface area contributed by atoms with Gasteiger partial charge in [0.25, 0.3) is 0 Å². The lowest BCUT2D eigenvalue weighted by molar-refractivity contribution is 0.0555. The predicted octanol–water partition coefficient (Wildman–Crippen LogP) is 6.15. The highest BCUT2D eigenvalue weighted by molar-refractivity contribution is 6.33. The van der Waals surface area contributed by atoms with Gasteiger partial charge in [-0.1, -0.05) is 16.8 Å². The summed E-state index contributed by atoms with van der Waals surface area (Å²) in [4.78, 5) is 12.6. The summed E-state index contributed by atoms with van der Waals surface area (Å²) >= 11 is 6.74. The highest BCUT2D eigenvalue weighted by Gasteiger charge is 2.34. The van der Waals surface area contributed by atoms with Gasteiger partial charge in [0.1, 0.15) is 17.3 Å². The molecule has 0 spiro atoms. The first-order valence-electron chi connectivity index (χ1n) is 13.7. The van der Waals surface area contributed by atoms with Crippen molar-refractivity contribution < 1.29 is 14.0 Å². The molecule has 2 heterocycles. The van der Waals surface area contributed by atoms with Gasteiger partial charge in [-0.05, 0) is 92.1 Å². The molecule has 38 heavy (non-hydrogen) atoms. The van der Waals surface area contributed by atoms with Crippen molar-refractivity contribution in [2.24, 2.45) is 0 Å². The predicted molar refractivity (Wildman–Crippen MR) is 152 cm³/mol. The van der Waals surface area contributed by atoms with Crippen molar-refractivity contribution in [3.63, 3.8) is 0 Å². The van der Waals surface area contributed by atoms with Crippen molar-refractivity contribution in [1.29, 1.82) is 0 Å². The van der Waals surface area contributed by atoms with Crippen molar-refractivity contribution in [1.82, 2.24) is 20.4 Å². The van der Waals surface area contributed by atoms with Crippen LogP contribution in [-0.4, -0.2) is 60.6 Å². The van der Waals surface area contributed by atoms with Gasteiger partial charge in [-0.25, -0.2) is 9.97 Å². The van der Waals surface area contributed by atoms with Crippen LogP contribution < -0.4 is 15.0 Å². The molecule has 0 bridgehead atoms. The average molecular weight is 542 g/mol. The Labute approximate surface area is 231 Å². The van der Waals surface area contributed by atoms with Crippen molar-refractivity contribution in [3.8, 4) is 28.4 Å². The van der Waals surface area contributed by atoms with E-state index >= 15 is 0 Å². The molecule has 2 atom stereocenters. The van der Waals surface area contributed by atoms with Crippen LogP contribution in [0.1, 0.15) is 56.5 Å². The van der Waals surface area contributed by atoms with Gasteiger partial charge >= 0.3 is 0 Å². The highest BCUT2D eigenvalue weighted by Crippen LogP contribution is 2.39. The Morgan fingerprint density at radius 2 is 1.97 bits per heavy atom. The number of ether oxygens (including phenoxy) is 2. The molecule has 1 fully saturated rings. The first kappa shape index (κ1) is 28.3. The molecule has 0 saturated heterocycles. The number of benzene rings is 1. The number of aromatic nitrogens is 3. The van der Waals surface area contributed by atoms with Crippen LogP contribution in [0.15, 0.2) is 22.7 Å². The summed E-state index contributed by atoms with van der Waals surface area (Å²) in [6.45, 7) is 13.2. The summed E-state index contributed by atoms with van der Waals surface area (Å²) in [5, 5.41) is 7.92. The zero-order chi connectivity index (χ0) is 27.2. The monoisotopic (exact) mass is 541 g/mol. The minimum atomic E-state index is 0.179. The number of rotatable bonds is 12. The van der Waals surface area contributed by atoms with Crippen molar-refractivity contribution >= 4 is 17.4 Å². The van der Waals surface area contributed by atoms with E-state index in [2.05, 4.69) is 36.1 Å². The molecule has 2 unspecified atom stereocenters. The van der Waals surface area contributed by atoms with Crippen LogP contribution in [0.2, 0.25) is 5.02 Å². The first-order valence-corrected chi connectivity index (χ1v) is 14.0. The molecule has 0 radical (unpaired) electrons. The quantitative estimate of drug-likeness (QED) is 0.273. The molecule has 3 aromatic rings. The van der Waals surface area contributed by atoms with Gasteiger partial charge in [0.15, 0.2) is 5.82 Å². The summed E-state index contributed by atoms with van der Waals surface area (Å²) in [7, 11) is 1.94. The summed E-state index contributed by atoms with van der Waals surface area (Å²) in [5.74, 6) is 2.91. The standard InChI is InChI=1S/C29H40ClN5O3/c1-7-35(24-11-9-12-25(24)36-8-2)29-18(3)27(26-19(4)34-38-20(26)5)32-28(33-29)22-17-21(13-14-23(22)30)37-16-10-15-31-6/h13-14,17,24-25,31H,7-12,15-16H2,1-6H3. The van der Waals surface area contributed by atoms with Crippen LogP contribution in [0.25, 0.3) is 22.6 Å². The van der Waals surface area contributed by atoms with Crippen LogP contribution in [0.4, 0.5) is 5.82 Å². The normalized spacial score (nSPS) is 17.2. The number of likely N-dealkylation sites (N-methyl/N-ethyl adjacent to an activating group) is 1. The molecule has 1 aromatic carbocycles. The second kappa shape index (κ2) is 12.9. The molecule has 206 valence electrons. The van der Waals surface area contributed by atoms with E-state index in [9.17, 15) is 0 Å². The van der Waals surface area contributed by atoms with Crippen molar-refractivity contribution in [3.05, 3.63) is 40.2 Å². The Morgan fingerprint density at radius 3 is 2.66 bits per heavy atom. The molecule has 4 rings (SSSR count). The van der Waals surface area contributed by atoms with Crippen LogP contribution in [0, 0.1) is 20.8 Å². The molecule has 1 saturated carbocycles. The van der Waals surface area contributed by atoms with E-state index in [0.717, 1.165) is 84.2 Å². The number of aryl methyl sites for hydroxylation is 2. The van der Waals surface area contributed by atoms with Crippen molar-refractivity contribution in [2.45, 2.75) is 72.4 Å². The third-order valence-corrected chi connectivity index (χ3v) is 7.55. The van der Waals surface area contributed by atoms with Crippen LogP contribution in [-0.2, 0) is 4.74 Å². The zero-order valence-electron chi connectivity index (χ0n) is 23.4. The minimum Gasteiger partial charge on any atom is -0.494 e. The van der Waals surface area contributed by atoms with E-state index in [-0.39, 0.29) is 12.1 Å². The molecule has 8 nitrogen and oxygen atoms in total. The van der Waals surface area contributed by atoms with Crippen LogP contribution in [0.5, 0.6) is 5.75 Å². The molecule has 0 aliphatic heterocycles. The Hall–Kier alpha value is -2.68. The topological polar surface area (TPSA) is 85.5 Å². The lowest BCUT2D eigenvalue weighted by Crippen LogP contribution is -2.42. The van der Waals surface area contributed by atoms with Gasteiger partial charge in [0.05, 0.1) is 40.7 Å². The lowest BCUT2D eigenvalue weighted by Gasteiger charge is -2.34. The number of anilines is 1. The summed E-state index contributed by atoms with van der Waals surface area (Å²) in [6.07, 6.45) is 4.34. The molecule has 2 aromatic heterocycles. The lowest BCUT2D eigenvalue weighted by atomic mass is 10.0. The molecule has 9 heteroatoms. The van der Waals surface area contributed by atoms with Gasteiger partial charge in [-0.3, -0.25) is 0 Å². The fourth-order valence-electron chi connectivity index (χ4n) is 5.39. The molecule has 1 aliphatic rings. The van der Waals surface area contributed by atoms with Gasteiger partial charge in [-0.15, -0.1) is 0 Å². The second-order valence-electron chi connectivity index (χ2n) is 9.77. The second-order valence-corrected chi connectivity index (χ2v) is 10.2. The SMILES string of the molecule is CCOC1CCCC1N(CC)c1nc(-c2cc(OCCCNC)ccc2Cl)nc(-c2c(C)noc2C)c1C. The number of nitrogens with one attached hydrogen (secondary N) is 1. The smallest absolute Gasteiger partial charge is 0.163 e. The Morgan fingerprint density at radius 1 is 1.16 bits per heavy atom. The molecule has 0 amide bonds. The summed E-state index contributed by atoms with van der Waals surface area (Å²) < 4.78 is 17.7. The third-order valence-electron chi connectivity index (χ3n) is 7.22. The Bertz CT molecular complexity index is 1210. The summed E-state index contributed by atoms with van der Waals surface area (Å²) in [5.41, 5.74) is 4.22. The number of halogens is 1. The van der Waals surface area contributed by atoms with Gasteiger partial charge in [0.2, 0.25) is 0 Å². The average Bonchev–Trinajstić information content (AvgIpc) is 3.50. The van der Waals surface area contributed by atoms with E-state index < -0.39 is 0 Å². The van der Waals surface area contributed by atoms with Gasteiger partial charge in [0, 0.05) is 24.3 Å². The Kier molecular flexibility index (Phi) is 9.63. The fourth-order valence-corrected chi connectivity index (χ4v) is 5.59. The van der Waals surface area contributed by atoms with Crippen LogP contribution in [0.3, 0.4) is 0 Å². The van der Waals surface area contributed by atoms with E-state index in [4.69, 9.17) is 35.6 Å². The third kappa shape index (κ3) is 5.98. The fraction of sp³-hybridized carbons (Fsp3) is 0.552. The maximum Gasteiger partial charge on any atom is 0.163 e. The largest absolute Gasteiger partial charge is 0.494 e. The van der Waals surface area contributed by atoms with Gasteiger partial charge < -0.3 is 24.2 Å². The van der Waals surface area contributed by atoms with E-state index in [1.807, 2.05) is 39.1 Å². The zero-order valence-corrected chi connectivity index (χ0v) is 24.2. The number of hydrogen-bond donors (Lipinski definition) is 1. The first-order chi connectivity index (χ1) is 18.4. The van der Waals surface area contributed by atoms with Crippen LogP contribution >= 0.6 is 11.6 Å². The molecular weight excluding hydrogens is 502 g/mol. The maximum absolute atomic E-state index is 6.74. The maximum atomic E-state index is 6.74. The summed E-state index contributed by atoms with van der Waals surface area (Å²) in [6, 6.07) is 5.92. The molecule has 1 N–H and O–H groups in total. The number of hydrogen-bond acceptors (Lipinski definition) is 8. The molecule has 1 aliphatic carbocycles. The van der Waals surface area contributed by atoms with E-state index in [1.54, 1.807) is 0 Å². The Balaban J connectivity index is 1.84. The highest BCUT2D eigenvalue weighted by atomic mass is 35.5. The van der Waals surface area contributed by atoms with E-state index in [0.29, 0.717) is 24.1 Å². The molecular formula is C29H40ClN5O3.